The van der Waals surface area contributed by atoms with Crippen molar-refractivity contribution in [2.45, 2.75) is 57.1 Å². The van der Waals surface area contributed by atoms with Gasteiger partial charge in [0.25, 0.3) is 0 Å². The third-order valence-electron chi connectivity index (χ3n) is 5.80. The molecule has 178 valence electrons. The highest BCUT2D eigenvalue weighted by Gasteiger charge is 2.36. The van der Waals surface area contributed by atoms with Crippen molar-refractivity contribution in [1.82, 2.24) is 10.6 Å². The molecule has 2 amide bonds. The van der Waals surface area contributed by atoms with E-state index >= 15 is 0 Å². The van der Waals surface area contributed by atoms with Crippen molar-refractivity contribution in [3.63, 3.8) is 0 Å². The summed E-state index contributed by atoms with van der Waals surface area (Å²) < 4.78 is 11.0. The van der Waals surface area contributed by atoms with Gasteiger partial charge in [-0.3, -0.25) is 4.79 Å². The van der Waals surface area contributed by atoms with Crippen LogP contribution in [0.2, 0.25) is 5.02 Å². The molecule has 0 aromatic heterocycles. The maximum absolute atomic E-state index is 13.3. The Morgan fingerprint density at radius 1 is 1.06 bits per heavy atom. The topological polar surface area (TPSA) is 76.7 Å². The number of ether oxygens (including phenoxy) is 2. The Morgan fingerprint density at radius 3 is 2.30 bits per heavy atom. The minimum Gasteiger partial charge on any atom is -0.444 e. The maximum Gasteiger partial charge on any atom is 0.408 e. The molecule has 1 aliphatic heterocycles. The first kappa shape index (κ1) is 25.1. The molecule has 2 aromatic rings. The maximum atomic E-state index is 13.3. The lowest BCUT2D eigenvalue weighted by Crippen LogP contribution is -2.52. The molecule has 3 rings (SSSR count). The Balaban J connectivity index is 1.75. The fourth-order valence-corrected chi connectivity index (χ4v) is 4.15. The standard InChI is InChI=1S/C26H33ClN2O4/c1-25(2,3)33-24(31)29-22(17-19-7-5-4-6-8-19)23(30)28-18-26(13-15-32-16-14-26)20-9-11-21(27)12-10-20/h4-12,22H,13-18H2,1-3H3,(H,28,30)(H,29,31). The molecule has 1 unspecified atom stereocenters. The van der Waals surface area contributed by atoms with Gasteiger partial charge in [-0.15, -0.1) is 0 Å². The molecular weight excluding hydrogens is 440 g/mol. The summed E-state index contributed by atoms with van der Waals surface area (Å²) in [5, 5.41) is 6.53. The number of amides is 2. The predicted octanol–water partition coefficient (Wildman–Crippen LogP) is 4.64. The van der Waals surface area contributed by atoms with Gasteiger partial charge in [-0.05, 0) is 56.9 Å². The van der Waals surface area contributed by atoms with Crippen molar-refractivity contribution in [2.75, 3.05) is 19.8 Å². The molecule has 6 nitrogen and oxygen atoms in total. The van der Waals surface area contributed by atoms with E-state index < -0.39 is 17.7 Å². The van der Waals surface area contributed by atoms with Crippen LogP contribution in [-0.4, -0.2) is 43.4 Å². The van der Waals surface area contributed by atoms with Gasteiger partial charge >= 0.3 is 6.09 Å². The lowest BCUT2D eigenvalue weighted by atomic mass is 9.74. The van der Waals surface area contributed by atoms with E-state index in [2.05, 4.69) is 10.6 Å². The van der Waals surface area contributed by atoms with Crippen LogP contribution in [0.5, 0.6) is 0 Å². The lowest BCUT2D eigenvalue weighted by molar-refractivity contribution is -0.123. The smallest absolute Gasteiger partial charge is 0.408 e. The summed E-state index contributed by atoms with van der Waals surface area (Å²) in [4.78, 5) is 25.7. The summed E-state index contributed by atoms with van der Waals surface area (Å²) in [6.45, 7) is 7.07. The molecule has 2 aromatic carbocycles. The summed E-state index contributed by atoms with van der Waals surface area (Å²) >= 11 is 6.09. The number of carbonyl (C=O) groups excluding carboxylic acids is 2. The van der Waals surface area contributed by atoms with Crippen LogP contribution in [-0.2, 0) is 26.1 Å². The average Bonchev–Trinajstić information content (AvgIpc) is 2.77. The number of benzene rings is 2. The van der Waals surface area contributed by atoms with Gasteiger partial charge in [0.15, 0.2) is 0 Å². The number of nitrogens with one attached hydrogen (secondary N) is 2. The van der Waals surface area contributed by atoms with E-state index in [-0.39, 0.29) is 11.3 Å². The molecular formula is C26H33ClN2O4. The number of rotatable bonds is 7. The van der Waals surface area contributed by atoms with Gasteiger partial charge in [0.2, 0.25) is 5.91 Å². The Morgan fingerprint density at radius 2 is 1.70 bits per heavy atom. The summed E-state index contributed by atoms with van der Waals surface area (Å²) in [5.74, 6) is -0.246. The fraction of sp³-hybridized carbons (Fsp3) is 0.462. The summed E-state index contributed by atoms with van der Waals surface area (Å²) in [5.41, 5.74) is 1.17. The molecule has 0 bridgehead atoms. The number of hydrogen-bond acceptors (Lipinski definition) is 4. The quantitative estimate of drug-likeness (QED) is 0.615. The second kappa shape index (κ2) is 11.0. The molecule has 1 saturated heterocycles. The van der Waals surface area contributed by atoms with Crippen molar-refractivity contribution < 1.29 is 19.1 Å². The van der Waals surface area contributed by atoms with Gasteiger partial charge in [0, 0.05) is 36.6 Å². The molecule has 1 fully saturated rings. The Hall–Kier alpha value is -2.57. The first-order valence-electron chi connectivity index (χ1n) is 11.3. The lowest BCUT2D eigenvalue weighted by Gasteiger charge is -2.38. The zero-order valence-electron chi connectivity index (χ0n) is 19.5. The molecule has 0 saturated carbocycles. The Kier molecular flexibility index (Phi) is 8.38. The molecule has 0 aliphatic carbocycles. The van der Waals surface area contributed by atoms with Gasteiger partial charge in [-0.25, -0.2) is 4.79 Å². The zero-order chi connectivity index (χ0) is 23.9. The predicted molar refractivity (Wildman–Crippen MR) is 129 cm³/mol. The third-order valence-corrected chi connectivity index (χ3v) is 6.05. The van der Waals surface area contributed by atoms with Crippen LogP contribution in [0.25, 0.3) is 0 Å². The molecule has 0 spiro atoms. The third kappa shape index (κ3) is 7.47. The summed E-state index contributed by atoms with van der Waals surface area (Å²) in [6, 6.07) is 16.6. The van der Waals surface area contributed by atoms with E-state index in [1.54, 1.807) is 20.8 Å². The van der Waals surface area contributed by atoms with Gasteiger partial charge < -0.3 is 20.1 Å². The van der Waals surface area contributed by atoms with E-state index in [4.69, 9.17) is 21.1 Å². The molecule has 1 atom stereocenters. The van der Waals surface area contributed by atoms with Crippen LogP contribution in [0.4, 0.5) is 4.79 Å². The van der Waals surface area contributed by atoms with Gasteiger partial charge in [0.05, 0.1) is 0 Å². The van der Waals surface area contributed by atoms with E-state index in [1.165, 1.54) is 0 Å². The van der Waals surface area contributed by atoms with E-state index in [9.17, 15) is 9.59 Å². The molecule has 1 aliphatic rings. The monoisotopic (exact) mass is 472 g/mol. The molecule has 33 heavy (non-hydrogen) atoms. The molecule has 0 radical (unpaired) electrons. The van der Waals surface area contributed by atoms with Gasteiger partial charge in [0.1, 0.15) is 11.6 Å². The van der Waals surface area contributed by atoms with E-state index in [0.717, 1.165) is 24.0 Å². The van der Waals surface area contributed by atoms with Crippen molar-refractivity contribution >= 4 is 23.6 Å². The van der Waals surface area contributed by atoms with Crippen LogP contribution in [0, 0.1) is 0 Å². The highest BCUT2D eigenvalue weighted by atomic mass is 35.5. The second-order valence-electron chi connectivity index (χ2n) is 9.51. The van der Waals surface area contributed by atoms with Gasteiger partial charge in [-0.2, -0.15) is 0 Å². The first-order valence-corrected chi connectivity index (χ1v) is 11.7. The molecule has 1 heterocycles. The van der Waals surface area contributed by atoms with Crippen LogP contribution < -0.4 is 10.6 Å². The van der Waals surface area contributed by atoms with Crippen molar-refractivity contribution in [3.8, 4) is 0 Å². The minimum atomic E-state index is -0.760. The van der Waals surface area contributed by atoms with E-state index in [0.29, 0.717) is 31.2 Å². The van der Waals surface area contributed by atoms with Crippen LogP contribution in [0.15, 0.2) is 54.6 Å². The Bertz CT molecular complexity index is 920. The second-order valence-corrected chi connectivity index (χ2v) is 9.94. The number of halogens is 1. The van der Waals surface area contributed by atoms with Crippen molar-refractivity contribution in [2.24, 2.45) is 0 Å². The Labute approximate surface area is 201 Å². The van der Waals surface area contributed by atoms with Gasteiger partial charge in [-0.1, -0.05) is 54.1 Å². The number of hydrogen-bond donors (Lipinski definition) is 2. The summed E-state index contributed by atoms with van der Waals surface area (Å²) in [6.07, 6.45) is 1.33. The fourth-order valence-electron chi connectivity index (χ4n) is 4.02. The van der Waals surface area contributed by atoms with Crippen molar-refractivity contribution in [1.29, 1.82) is 0 Å². The summed E-state index contributed by atoms with van der Waals surface area (Å²) in [7, 11) is 0. The van der Waals surface area contributed by atoms with Crippen molar-refractivity contribution in [3.05, 3.63) is 70.7 Å². The van der Waals surface area contributed by atoms with E-state index in [1.807, 2.05) is 54.6 Å². The highest BCUT2D eigenvalue weighted by Crippen LogP contribution is 2.35. The number of carbonyl (C=O) groups is 2. The van der Waals surface area contributed by atoms with Crippen LogP contribution in [0.1, 0.15) is 44.7 Å². The zero-order valence-corrected chi connectivity index (χ0v) is 20.3. The van der Waals surface area contributed by atoms with Crippen LogP contribution >= 0.6 is 11.6 Å². The molecule has 2 N–H and O–H groups in total. The normalized spacial score (nSPS) is 16.5. The first-order chi connectivity index (χ1) is 15.7. The number of alkyl carbamates (subject to hydrolysis) is 1. The average molecular weight is 473 g/mol. The molecule has 7 heteroatoms. The van der Waals surface area contributed by atoms with Crippen LogP contribution in [0.3, 0.4) is 0 Å². The largest absolute Gasteiger partial charge is 0.444 e. The highest BCUT2D eigenvalue weighted by molar-refractivity contribution is 6.30. The SMILES string of the molecule is CC(C)(C)OC(=O)NC(Cc1ccccc1)C(=O)NCC1(c2ccc(Cl)cc2)CCOCC1. The minimum absolute atomic E-state index is 0.246.